The zero-order valence-corrected chi connectivity index (χ0v) is 28.1. The molecule has 13 heteroatoms. The van der Waals surface area contributed by atoms with E-state index < -0.39 is 44.0 Å². The van der Waals surface area contributed by atoms with E-state index in [0.29, 0.717) is 31.6 Å². The van der Waals surface area contributed by atoms with Gasteiger partial charge in [0.2, 0.25) is 5.91 Å². The average molecular weight is 672 g/mol. The van der Waals surface area contributed by atoms with Gasteiger partial charge < -0.3 is 15.1 Å². The topological polar surface area (TPSA) is 132 Å². The van der Waals surface area contributed by atoms with Gasteiger partial charge in [-0.05, 0) is 68.3 Å². The van der Waals surface area contributed by atoms with Crippen LogP contribution in [0.1, 0.15) is 24.0 Å². The van der Waals surface area contributed by atoms with Crippen molar-refractivity contribution < 1.29 is 18.1 Å². The Morgan fingerprint density at radius 3 is 2.35 bits per heavy atom. The van der Waals surface area contributed by atoms with Crippen LogP contribution in [0.2, 0.25) is 0 Å². The van der Waals surface area contributed by atoms with Gasteiger partial charge in [-0.1, -0.05) is 42.5 Å². The lowest BCUT2D eigenvalue weighted by Gasteiger charge is -2.37. The van der Waals surface area contributed by atoms with Gasteiger partial charge in [-0.15, -0.1) is 0 Å². The van der Waals surface area contributed by atoms with Gasteiger partial charge in [-0.2, -0.15) is 4.31 Å². The third-order valence-electron chi connectivity index (χ3n) is 9.27. The minimum atomic E-state index is -4.41. The molecule has 1 amide bonds. The highest BCUT2D eigenvalue weighted by molar-refractivity contribution is 7.89. The molecule has 48 heavy (non-hydrogen) atoms. The Balaban J connectivity index is 1.21. The van der Waals surface area contributed by atoms with E-state index >= 15 is 0 Å². The monoisotopic (exact) mass is 671 g/mol. The normalized spacial score (nSPS) is 16.8. The number of anilines is 2. The highest BCUT2D eigenvalue weighted by Crippen LogP contribution is 2.31. The van der Waals surface area contributed by atoms with Crippen molar-refractivity contribution in [1.29, 1.82) is 0 Å². The lowest BCUT2D eigenvalue weighted by Crippen LogP contribution is -2.49. The second-order valence-electron chi connectivity index (χ2n) is 12.6. The number of aromatic nitrogens is 1. The molecule has 3 aromatic carbocycles. The van der Waals surface area contributed by atoms with Crippen LogP contribution in [0.3, 0.4) is 0 Å². The zero-order chi connectivity index (χ0) is 33.8. The smallest absolute Gasteiger partial charge is 0.289 e. The maximum Gasteiger partial charge on any atom is 0.289 e. The number of benzene rings is 3. The standard InChI is InChI=1S/C35H41N7O5S/c1-26-22-34(40-20-18-38(2)19-21-40)37-31-13-12-28(23-30(26)31)36-35(43)25-41(48(46,47)33-11-7-6-10-32(33)42(44)45)29-14-16-39(17-15-29)24-27-8-4-3-5-9-27/h3-13,22-23,29H,14-21,24-25H2,1-2H3,(H,36,43). The van der Waals surface area contributed by atoms with Gasteiger partial charge >= 0.3 is 0 Å². The summed E-state index contributed by atoms with van der Waals surface area (Å²) in [5.41, 5.74) is 3.00. The van der Waals surface area contributed by atoms with E-state index in [1.54, 1.807) is 6.07 Å². The molecule has 0 radical (unpaired) electrons. The number of nitro groups is 1. The van der Waals surface area contributed by atoms with Crippen LogP contribution in [0.4, 0.5) is 17.2 Å². The van der Waals surface area contributed by atoms with Crippen LogP contribution >= 0.6 is 0 Å². The number of fused-ring (bicyclic) bond motifs is 1. The Morgan fingerprint density at radius 2 is 1.65 bits per heavy atom. The Morgan fingerprint density at radius 1 is 0.958 bits per heavy atom. The molecule has 0 aliphatic carbocycles. The van der Waals surface area contributed by atoms with E-state index in [2.05, 4.69) is 45.3 Å². The molecule has 0 saturated carbocycles. The van der Waals surface area contributed by atoms with Gasteiger partial charge in [0.05, 0.1) is 17.0 Å². The van der Waals surface area contributed by atoms with Crippen molar-refractivity contribution in [3.8, 4) is 0 Å². The summed E-state index contributed by atoms with van der Waals surface area (Å²) >= 11 is 0. The summed E-state index contributed by atoms with van der Waals surface area (Å²) in [4.78, 5) is 36.0. The Kier molecular flexibility index (Phi) is 10.0. The molecule has 2 aliphatic heterocycles. The number of likely N-dealkylation sites (tertiary alicyclic amines) is 1. The van der Waals surface area contributed by atoms with Crippen molar-refractivity contribution in [1.82, 2.24) is 19.1 Å². The average Bonchev–Trinajstić information content (AvgIpc) is 3.08. The highest BCUT2D eigenvalue weighted by atomic mass is 32.2. The van der Waals surface area contributed by atoms with Crippen LogP contribution in [0.5, 0.6) is 0 Å². The number of aryl methyl sites for hydroxylation is 1. The molecule has 6 rings (SSSR count). The molecular weight excluding hydrogens is 630 g/mol. The summed E-state index contributed by atoms with van der Waals surface area (Å²) < 4.78 is 29.4. The largest absolute Gasteiger partial charge is 0.354 e. The number of nitro benzene ring substituents is 1. The fourth-order valence-electron chi connectivity index (χ4n) is 6.56. The van der Waals surface area contributed by atoms with Crippen LogP contribution in [-0.2, 0) is 21.4 Å². The van der Waals surface area contributed by atoms with Gasteiger partial charge in [0.25, 0.3) is 15.7 Å². The first-order valence-electron chi connectivity index (χ1n) is 16.2. The Labute approximate surface area is 281 Å². The summed E-state index contributed by atoms with van der Waals surface area (Å²) in [5.74, 6) is 0.401. The number of carbonyl (C=O) groups is 1. The van der Waals surface area contributed by atoms with Crippen LogP contribution in [0.15, 0.2) is 83.8 Å². The second kappa shape index (κ2) is 14.4. The number of para-hydroxylation sites is 1. The maximum absolute atomic E-state index is 14.1. The predicted molar refractivity (Wildman–Crippen MR) is 187 cm³/mol. The number of amides is 1. The Bertz CT molecular complexity index is 1890. The quantitative estimate of drug-likeness (QED) is 0.191. The number of carbonyl (C=O) groups excluding carboxylic acids is 1. The summed E-state index contributed by atoms with van der Waals surface area (Å²) in [6.45, 7) is 7.27. The molecule has 0 spiro atoms. The van der Waals surface area contributed by atoms with Gasteiger partial charge in [-0.25, -0.2) is 13.4 Å². The van der Waals surface area contributed by atoms with E-state index in [1.165, 1.54) is 24.3 Å². The number of likely N-dealkylation sites (N-methyl/N-ethyl adjacent to an activating group) is 1. The van der Waals surface area contributed by atoms with Crippen LogP contribution in [0, 0.1) is 17.0 Å². The summed E-state index contributed by atoms with van der Waals surface area (Å²) in [6.07, 6.45) is 0.965. The lowest BCUT2D eigenvalue weighted by molar-refractivity contribution is -0.387. The van der Waals surface area contributed by atoms with Crippen LogP contribution in [0.25, 0.3) is 10.9 Å². The minimum Gasteiger partial charge on any atom is -0.354 e. The molecule has 3 heterocycles. The molecular formula is C35H41N7O5S. The van der Waals surface area contributed by atoms with Crippen molar-refractivity contribution in [3.05, 3.63) is 100 Å². The lowest BCUT2D eigenvalue weighted by atomic mass is 10.0. The van der Waals surface area contributed by atoms with Crippen molar-refractivity contribution in [2.45, 2.75) is 37.2 Å². The molecule has 252 valence electrons. The predicted octanol–water partition coefficient (Wildman–Crippen LogP) is 4.50. The molecule has 2 fully saturated rings. The fraction of sp³-hybridized carbons (Fsp3) is 0.371. The highest BCUT2D eigenvalue weighted by Gasteiger charge is 2.38. The number of pyridine rings is 1. The van der Waals surface area contributed by atoms with Crippen LogP contribution in [-0.4, -0.2) is 97.2 Å². The van der Waals surface area contributed by atoms with Gasteiger partial charge in [0.15, 0.2) is 4.90 Å². The van der Waals surface area contributed by atoms with Crippen molar-refractivity contribution in [3.63, 3.8) is 0 Å². The summed E-state index contributed by atoms with van der Waals surface area (Å²) in [5, 5.41) is 15.6. The summed E-state index contributed by atoms with van der Waals surface area (Å²) in [6, 6.07) is 22.4. The molecule has 0 bridgehead atoms. The number of rotatable bonds is 10. The van der Waals surface area contributed by atoms with E-state index in [-0.39, 0.29) is 0 Å². The van der Waals surface area contributed by atoms with Crippen molar-refractivity contribution in [2.24, 2.45) is 0 Å². The third kappa shape index (κ3) is 7.49. The molecule has 0 atom stereocenters. The number of hydrogen-bond donors (Lipinski definition) is 1. The van der Waals surface area contributed by atoms with Crippen molar-refractivity contribution >= 4 is 44.0 Å². The SMILES string of the molecule is Cc1cc(N2CCN(C)CC2)nc2ccc(NC(=O)CN(C3CCN(Cc4ccccc4)CC3)S(=O)(=O)c3ccccc3[N+](=O)[O-])cc12. The van der Waals surface area contributed by atoms with E-state index in [1.807, 2.05) is 37.3 Å². The molecule has 12 nitrogen and oxygen atoms in total. The first kappa shape index (κ1) is 33.5. The molecule has 4 aromatic rings. The molecule has 1 N–H and O–H groups in total. The molecule has 1 aromatic heterocycles. The Hall–Kier alpha value is -4.43. The third-order valence-corrected chi connectivity index (χ3v) is 11.2. The van der Waals surface area contributed by atoms with Gasteiger partial charge in [0, 0.05) is 69.0 Å². The van der Waals surface area contributed by atoms with Crippen molar-refractivity contribution in [2.75, 3.05) is 63.1 Å². The van der Waals surface area contributed by atoms with Crippen LogP contribution < -0.4 is 10.2 Å². The van der Waals surface area contributed by atoms with Gasteiger partial charge in [-0.3, -0.25) is 19.8 Å². The second-order valence-corrected chi connectivity index (χ2v) is 14.5. The van der Waals surface area contributed by atoms with E-state index in [9.17, 15) is 23.3 Å². The van der Waals surface area contributed by atoms with E-state index in [0.717, 1.165) is 64.9 Å². The maximum atomic E-state index is 14.1. The number of sulfonamides is 1. The summed E-state index contributed by atoms with van der Waals surface area (Å²) in [7, 11) is -2.29. The number of nitrogens with one attached hydrogen (secondary N) is 1. The number of piperazine rings is 1. The zero-order valence-electron chi connectivity index (χ0n) is 27.3. The first-order chi connectivity index (χ1) is 23.1. The fourth-order valence-corrected chi connectivity index (χ4v) is 8.36. The molecule has 2 aliphatic rings. The minimum absolute atomic E-state index is 0.418. The number of nitrogens with zero attached hydrogens (tertiary/aromatic N) is 6. The molecule has 0 unspecified atom stereocenters. The van der Waals surface area contributed by atoms with Gasteiger partial charge in [0.1, 0.15) is 5.82 Å². The first-order valence-corrected chi connectivity index (χ1v) is 17.7. The number of hydrogen-bond acceptors (Lipinski definition) is 9. The van der Waals surface area contributed by atoms with E-state index in [4.69, 9.17) is 4.98 Å². The number of piperidine rings is 1. The molecule has 2 saturated heterocycles.